The number of nitrogens with zero attached hydrogens (tertiary/aromatic N) is 1. The summed E-state index contributed by atoms with van der Waals surface area (Å²) in [5.74, 6) is 0. The highest BCUT2D eigenvalue weighted by molar-refractivity contribution is 6.23. The summed E-state index contributed by atoms with van der Waals surface area (Å²) in [6.45, 7) is 4.45. The van der Waals surface area contributed by atoms with Crippen LogP contribution in [-0.4, -0.2) is 4.40 Å². The molecule has 5 rings (SSSR count). The molecule has 3 heterocycles. The average Bonchev–Trinajstić information content (AvgIpc) is 3.01. The van der Waals surface area contributed by atoms with Gasteiger partial charge in [0.1, 0.15) is 0 Å². The molecule has 100 valence electrons. The Morgan fingerprint density at radius 2 is 1.19 bits per heavy atom. The average molecular weight is 269 g/mol. The first-order valence-corrected chi connectivity index (χ1v) is 7.40. The molecule has 1 heteroatoms. The number of rotatable bonds is 0. The van der Waals surface area contributed by atoms with Crippen LogP contribution in [0.15, 0.2) is 54.6 Å². The van der Waals surface area contributed by atoms with Crippen LogP contribution in [0.5, 0.6) is 0 Å². The normalized spacial score (nSPS) is 12.3. The molecule has 3 aromatic heterocycles. The Labute approximate surface area is 122 Å². The van der Waals surface area contributed by atoms with Crippen molar-refractivity contribution in [3.8, 4) is 0 Å². The minimum absolute atomic E-state index is 1.33. The summed E-state index contributed by atoms with van der Waals surface area (Å²) < 4.78 is 2.46. The van der Waals surface area contributed by atoms with Gasteiger partial charge in [-0.05, 0) is 31.0 Å². The molecular weight excluding hydrogens is 254 g/mol. The van der Waals surface area contributed by atoms with Crippen molar-refractivity contribution in [1.82, 2.24) is 4.40 Å². The highest BCUT2D eigenvalue weighted by Crippen LogP contribution is 2.40. The van der Waals surface area contributed by atoms with E-state index in [1.807, 2.05) is 0 Å². The lowest BCUT2D eigenvalue weighted by atomic mass is 10.0. The Morgan fingerprint density at radius 3 is 1.86 bits per heavy atom. The monoisotopic (exact) mass is 269 g/mol. The van der Waals surface area contributed by atoms with Gasteiger partial charge in [0, 0.05) is 21.5 Å². The predicted octanol–water partition coefficient (Wildman–Crippen LogP) is 5.45. The third kappa shape index (κ3) is 1.18. The van der Waals surface area contributed by atoms with Gasteiger partial charge in [-0.25, -0.2) is 0 Å². The summed E-state index contributed by atoms with van der Waals surface area (Å²) in [6.07, 6.45) is 0. The van der Waals surface area contributed by atoms with Crippen molar-refractivity contribution in [2.24, 2.45) is 0 Å². The summed E-state index contributed by atoms with van der Waals surface area (Å²) in [5.41, 5.74) is 6.80. The minimum atomic E-state index is 1.33. The Balaban J connectivity index is 2.32. The number of aryl methyl sites for hydroxylation is 2. The topological polar surface area (TPSA) is 4.41 Å². The third-order valence-electron chi connectivity index (χ3n) is 4.88. The zero-order valence-electron chi connectivity index (χ0n) is 12.1. The molecule has 0 aliphatic heterocycles. The number of fused-ring (bicyclic) bond motifs is 6. The lowest BCUT2D eigenvalue weighted by molar-refractivity contribution is 1.27. The van der Waals surface area contributed by atoms with Crippen LogP contribution in [0.1, 0.15) is 11.1 Å². The van der Waals surface area contributed by atoms with Gasteiger partial charge in [-0.2, -0.15) is 0 Å². The fourth-order valence-corrected chi connectivity index (χ4v) is 3.80. The Hall–Kier alpha value is -2.54. The van der Waals surface area contributed by atoms with E-state index in [2.05, 4.69) is 72.8 Å². The summed E-state index contributed by atoms with van der Waals surface area (Å²) in [6, 6.07) is 19.9. The second-order valence-electron chi connectivity index (χ2n) is 5.96. The van der Waals surface area contributed by atoms with Crippen molar-refractivity contribution >= 4 is 38.1 Å². The molecule has 21 heavy (non-hydrogen) atoms. The SMILES string of the molecule is Cc1cc2c3ccccc3c3c4ccccc4c(c1C)n23. The van der Waals surface area contributed by atoms with Gasteiger partial charge in [-0.15, -0.1) is 0 Å². The first-order chi connectivity index (χ1) is 10.3. The maximum absolute atomic E-state index is 2.46. The van der Waals surface area contributed by atoms with E-state index >= 15 is 0 Å². The Bertz CT molecular complexity index is 1140. The molecule has 5 aromatic rings. The van der Waals surface area contributed by atoms with E-state index < -0.39 is 0 Å². The van der Waals surface area contributed by atoms with E-state index in [-0.39, 0.29) is 0 Å². The molecule has 0 saturated carbocycles. The van der Waals surface area contributed by atoms with E-state index in [1.54, 1.807) is 0 Å². The van der Waals surface area contributed by atoms with Gasteiger partial charge in [-0.3, -0.25) is 0 Å². The van der Waals surface area contributed by atoms with Crippen molar-refractivity contribution in [3.05, 3.63) is 65.7 Å². The van der Waals surface area contributed by atoms with Gasteiger partial charge in [0.05, 0.1) is 16.6 Å². The molecule has 0 atom stereocenters. The fourth-order valence-electron chi connectivity index (χ4n) is 3.80. The molecule has 0 N–H and O–H groups in total. The van der Waals surface area contributed by atoms with E-state index in [0.717, 1.165) is 0 Å². The highest BCUT2D eigenvalue weighted by atomic mass is 14.9. The lowest BCUT2D eigenvalue weighted by Crippen LogP contribution is -1.89. The molecule has 0 aliphatic rings. The van der Waals surface area contributed by atoms with Crippen LogP contribution in [-0.2, 0) is 0 Å². The fraction of sp³-hybridized carbons (Fsp3) is 0.100. The van der Waals surface area contributed by atoms with Crippen LogP contribution in [0.3, 0.4) is 0 Å². The molecule has 0 radical (unpaired) electrons. The summed E-state index contributed by atoms with van der Waals surface area (Å²) >= 11 is 0. The second kappa shape index (κ2) is 3.56. The largest absolute Gasteiger partial charge is 0.308 e. The number of benzene rings is 2. The zero-order valence-corrected chi connectivity index (χ0v) is 12.1. The van der Waals surface area contributed by atoms with Crippen LogP contribution in [0, 0.1) is 13.8 Å². The lowest BCUT2D eigenvalue weighted by Gasteiger charge is -2.06. The quantitative estimate of drug-likeness (QED) is 0.352. The molecule has 2 aromatic carbocycles. The third-order valence-corrected chi connectivity index (χ3v) is 4.88. The Morgan fingerprint density at radius 1 is 0.667 bits per heavy atom. The molecule has 1 nitrogen and oxygen atoms in total. The van der Waals surface area contributed by atoms with Crippen molar-refractivity contribution in [2.75, 3.05) is 0 Å². The van der Waals surface area contributed by atoms with Crippen LogP contribution in [0.4, 0.5) is 0 Å². The van der Waals surface area contributed by atoms with Crippen molar-refractivity contribution < 1.29 is 0 Å². The predicted molar refractivity (Wildman–Crippen MR) is 90.6 cm³/mol. The molecule has 0 amide bonds. The molecule has 0 saturated heterocycles. The number of hydrogen-bond acceptors (Lipinski definition) is 0. The zero-order chi connectivity index (χ0) is 14.1. The first-order valence-electron chi connectivity index (χ1n) is 7.40. The van der Waals surface area contributed by atoms with Crippen LogP contribution in [0.2, 0.25) is 0 Å². The maximum atomic E-state index is 2.46. The summed E-state index contributed by atoms with van der Waals surface area (Å²) in [7, 11) is 0. The smallest absolute Gasteiger partial charge is 0.0620 e. The van der Waals surface area contributed by atoms with E-state index in [9.17, 15) is 0 Å². The van der Waals surface area contributed by atoms with Crippen LogP contribution >= 0.6 is 0 Å². The maximum Gasteiger partial charge on any atom is 0.0620 e. The molecule has 0 spiro atoms. The minimum Gasteiger partial charge on any atom is -0.308 e. The molecule has 0 bridgehead atoms. The van der Waals surface area contributed by atoms with Crippen LogP contribution < -0.4 is 0 Å². The Kier molecular flexibility index (Phi) is 1.89. The van der Waals surface area contributed by atoms with Gasteiger partial charge in [0.25, 0.3) is 0 Å². The molecule has 0 aliphatic carbocycles. The van der Waals surface area contributed by atoms with Gasteiger partial charge in [0.15, 0.2) is 0 Å². The van der Waals surface area contributed by atoms with Crippen molar-refractivity contribution in [2.45, 2.75) is 13.8 Å². The molecule has 0 fully saturated rings. The van der Waals surface area contributed by atoms with Crippen molar-refractivity contribution in [1.29, 1.82) is 0 Å². The van der Waals surface area contributed by atoms with Gasteiger partial charge < -0.3 is 4.40 Å². The standard InChI is InChI=1S/C20H15N/c1-12-11-18-14-7-3-4-8-15(14)20-17-10-6-5-9-16(17)19(13(12)2)21(18)20/h3-11H,1-2H3. The number of hydrogen-bond donors (Lipinski definition) is 0. The number of pyridine rings is 1. The summed E-state index contributed by atoms with van der Waals surface area (Å²) in [4.78, 5) is 0. The van der Waals surface area contributed by atoms with Crippen LogP contribution in [0.25, 0.3) is 38.1 Å². The molecule has 0 unspecified atom stereocenters. The van der Waals surface area contributed by atoms with E-state index in [4.69, 9.17) is 0 Å². The highest BCUT2D eigenvalue weighted by Gasteiger charge is 2.18. The van der Waals surface area contributed by atoms with Crippen molar-refractivity contribution in [3.63, 3.8) is 0 Å². The molecular formula is C20H15N. The van der Waals surface area contributed by atoms with Gasteiger partial charge >= 0.3 is 0 Å². The summed E-state index contributed by atoms with van der Waals surface area (Å²) in [5, 5.41) is 5.43. The van der Waals surface area contributed by atoms with Gasteiger partial charge in [-0.1, -0.05) is 48.5 Å². The van der Waals surface area contributed by atoms with E-state index in [0.29, 0.717) is 0 Å². The number of aromatic nitrogens is 1. The first kappa shape index (κ1) is 11.2. The van der Waals surface area contributed by atoms with Gasteiger partial charge in [0.2, 0.25) is 0 Å². The van der Waals surface area contributed by atoms with E-state index in [1.165, 1.54) is 49.2 Å². The second-order valence-corrected chi connectivity index (χ2v) is 5.96.